The fourth-order valence-corrected chi connectivity index (χ4v) is 3.23. The second-order valence-electron chi connectivity index (χ2n) is 6.84. The average molecular weight is 449 g/mol. The smallest absolute Gasteiger partial charge is 0.339 e. The Balaban J connectivity index is 1.91. The van der Waals surface area contributed by atoms with Crippen LogP contribution in [-0.2, 0) is 16.1 Å². The number of rotatable bonds is 9. The maximum atomic E-state index is 14.1. The van der Waals surface area contributed by atoms with Gasteiger partial charge in [0.05, 0.1) is 25.4 Å². The first-order chi connectivity index (χ1) is 14.9. The highest BCUT2D eigenvalue weighted by Crippen LogP contribution is 2.35. The number of urea groups is 1. The Bertz CT molecular complexity index is 993. The van der Waals surface area contributed by atoms with Crippen molar-refractivity contribution < 1.29 is 28.2 Å². The van der Waals surface area contributed by atoms with Gasteiger partial charge >= 0.3 is 17.8 Å². The third-order valence-electron chi connectivity index (χ3n) is 4.54. The molecule has 1 heterocycles. The lowest BCUT2D eigenvalue weighted by Crippen LogP contribution is -2.33. The number of carbonyl (C=O) groups is 3. The van der Waals surface area contributed by atoms with Gasteiger partial charge < -0.3 is 9.47 Å². The van der Waals surface area contributed by atoms with E-state index in [1.54, 1.807) is 6.07 Å². The molecular weight excluding hydrogens is 427 g/mol. The predicted octanol–water partition coefficient (Wildman–Crippen LogP) is 4.55. The van der Waals surface area contributed by atoms with Crippen molar-refractivity contribution in [3.8, 4) is 11.5 Å². The molecule has 0 spiro atoms. The SMILES string of the molecule is CCCOc1ccc(N2C(=O)C(=O)N(Cc3c(F)cccc3Cl)C2=O)cc1OCCC. The van der Waals surface area contributed by atoms with Crippen LogP contribution in [0.15, 0.2) is 36.4 Å². The number of hydrogen-bond donors (Lipinski definition) is 0. The van der Waals surface area contributed by atoms with Gasteiger partial charge in [0.25, 0.3) is 0 Å². The Hall–Kier alpha value is -3.13. The van der Waals surface area contributed by atoms with Crippen molar-refractivity contribution in [2.75, 3.05) is 18.1 Å². The van der Waals surface area contributed by atoms with Crippen molar-refractivity contribution in [1.82, 2.24) is 4.90 Å². The van der Waals surface area contributed by atoms with Crippen molar-refractivity contribution in [3.05, 3.63) is 52.8 Å². The van der Waals surface area contributed by atoms with Gasteiger partial charge in [0.1, 0.15) is 5.82 Å². The Labute approximate surface area is 184 Å². The summed E-state index contributed by atoms with van der Waals surface area (Å²) >= 11 is 6.00. The van der Waals surface area contributed by atoms with Crippen molar-refractivity contribution in [2.45, 2.75) is 33.2 Å². The molecule has 1 aliphatic rings. The summed E-state index contributed by atoms with van der Waals surface area (Å²) in [6.07, 6.45) is 1.54. The minimum absolute atomic E-state index is 0.0456. The fraction of sp³-hybridized carbons (Fsp3) is 0.318. The van der Waals surface area contributed by atoms with Crippen LogP contribution in [0.4, 0.5) is 14.9 Å². The molecule has 1 saturated heterocycles. The van der Waals surface area contributed by atoms with Crippen LogP contribution in [0.5, 0.6) is 11.5 Å². The first-order valence-corrected chi connectivity index (χ1v) is 10.3. The second-order valence-corrected chi connectivity index (χ2v) is 7.25. The minimum Gasteiger partial charge on any atom is -0.490 e. The number of nitrogens with zero attached hydrogens (tertiary/aromatic N) is 2. The van der Waals surface area contributed by atoms with E-state index in [0.717, 1.165) is 23.8 Å². The molecule has 4 amide bonds. The van der Waals surface area contributed by atoms with Crippen molar-refractivity contribution in [3.63, 3.8) is 0 Å². The highest BCUT2D eigenvalue weighted by molar-refractivity contribution is 6.52. The maximum absolute atomic E-state index is 14.1. The lowest BCUT2D eigenvalue weighted by Gasteiger charge is -2.18. The summed E-state index contributed by atoms with van der Waals surface area (Å²) < 4.78 is 25.5. The van der Waals surface area contributed by atoms with E-state index in [2.05, 4.69) is 0 Å². The third-order valence-corrected chi connectivity index (χ3v) is 4.89. The molecule has 0 radical (unpaired) electrons. The van der Waals surface area contributed by atoms with Crippen LogP contribution >= 0.6 is 11.6 Å². The molecule has 0 N–H and O–H groups in total. The van der Waals surface area contributed by atoms with Gasteiger partial charge in [0, 0.05) is 16.7 Å². The Kier molecular flexibility index (Phi) is 7.12. The number of carbonyl (C=O) groups excluding carboxylic acids is 3. The first-order valence-electron chi connectivity index (χ1n) is 9.91. The van der Waals surface area contributed by atoms with E-state index in [0.29, 0.717) is 29.6 Å². The zero-order chi connectivity index (χ0) is 22.5. The van der Waals surface area contributed by atoms with Crippen LogP contribution in [0.25, 0.3) is 0 Å². The van der Waals surface area contributed by atoms with E-state index < -0.39 is 30.2 Å². The average Bonchev–Trinajstić information content (AvgIpc) is 2.96. The number of imide groups is 2. The van der Waals surface area contributed by atoms with Gasteiger partial charge in [-0.1, -0.05) is 31.5 Å². The summed E-state index contributed by atoms with van der Waals surface area (Å²) in [6, 6.07) is 7.67. The highest BCUT2D eigenvalue weighted by Gasteiger charge is 2.46. The number of ether oxygens (including phenoxy) is 2. The Morgan fingerprint density at radius 3 is 2.26 bits per heavy atom. The number of amides is 4. The molecular formula is C22H22ClFN2O5. The molecule has 0 unspecified atom stereocenters. The summed E-state index contributed by atoms with van der Waals surface area (Å²) in [7, 11) is 0. The number of halogens is 2. The number of benzene rings is 2. The van der Waals surface area contributed by atoms with Crippen LogP contribution in [0.3, 0.4) is 0 Å². The summed E-state index contributed by atoms with van der Waals surface area (Å²) in [4.78, 5) is 39.4. The molecule has 0 saturated carbocycles. The zero-order valence-electron chi connectivity index (χ0n) is 17.2. The Morgan fingerprint density at radius 1 is 0.935 bits per heavy atom. The lowest BCUT2D eigenvalue weighted by atomic mass is 10.2. The van der Waals surface area contributed by atoms with E-state index in [1.807, 2.05) is 13.8 Å². The molecule has 31 heavy (non-hydrogen) atoms. The number of anilines is 1. The molecule has 1 fully saturated rings. The predicted molar refractivity (Wildman–Crippen MR) is 113 cm³/mol. The topological polar surface area (TPSA) is 76.2 Å². The molecule has 2 aromatic carbocycles. The summed E-state index contributed by atoms with van der Waals surface area (Å²) in [6.45, 7) is 4.32. The van der Waals surface area contributed by atoms with E-state index in [-0.39, 0.29) is 16.3 Å². The number of hydrogen-bond acceptors (Lipinski definition) is 5. The van der Waals surface area contributed by atoms with Crippen molar-refractivity contribution in [2.24, 2.45) is 0 Å². The normalized spacial score (nSPS) is 13.9. The van der Waals surface area contributed by atoms with Gasteiger partial charge in [-0.2, -0.15) is 0 Å². The molecule has 7 nitrogen and oxygen atoms in total. The summed E-state index contributed by atoms with van der Waals surface area (Å²) in [5.41, 5.74) is 0.108. The van der Waals surface area contributed by atoms with Crippen molar-refractivity contribution in [1.29, 1.82) is 0 Å². The largest absolute Gasteiger partial charge is 0.490 e. The molecule has 0 aromatic heterocycles. The van der Waals surface area contributed by atoms with Gasteiger partial charge in [-0.3, -0.25) is 14.5 Å². The monoisotopic (exact) mass is 448 g/mol. The maximum Gasteiger partial charge on any atom is 0.339 e. The fourth-order valence-electron chi connectivity index (χ4n) is 3.01. The molecule has 2 aromatic rings. The van der Waals surface area contributed by atoms with E-state index in [1.165, 1.54) is 24.3 Å². The van der Waals surface area contributed by atoms with Crippen LogP contribution in [0.1, 0.15) is 32.3 Å². The molecule has 1 aliphatic heterocycles. The van der Waals surface area contributed by atoms with Gasteiger partial charge in [-0.25, -0.2) is 14.1 Å². The molecule has 0 aliphatic carbocycles. The van der Waals surface area contributed by atoms with Crippen molar-refractivity contribution >= 4 is 35.1 Å². The Morgan fingerprint density at radius 2 is 1.61 bits per heavy atom. The van der Waals surface area contributed by atoms with Gasteiger partial charge in [-0.15, -0.1) is 0 Å². The van der Waals surface area contributed by atoms with Crippen LogP contribution in [-0.4, -0.2) is 36.0 Å². The molecule has 0 bridgehead atoms. The van der Waals surface area contributed by atoms with E-state index in [9.17, 15) is 18.8 Å². The third kappa shape index (κ3) is 4.64. The lowest BCUT2D eigenvalue weighted by molar-refractivity contribution is -0.139. The summed E-state index contributed by atoms with van der Waals surface area (Å²) in [5, 5.41) is 0.0548. The van der Waals surface area contributed by atoms with Gasteiger partial charge in [0.15, 0.2) is 11.5 Å². The molecule has 0 atom stereocenters. The van der Waals surface area contributed by atoms with Gasteiger partial charge in [-0.05, 0) is 37.1 Å². The summed E-state index contributed by atoms with van der Waals surface area (Å²) in [5.74, 6) is -1.95. The van der Waals surface area contributed by atoms with Gasteiger partial charge in [0.2, 0.25) is 0 Å². The molecule has 164 valence electrons. The van der Waals surface area contributed by atoms with Crippen LogP contribution in [0, 0.1) is 5.82 Å². The van der Waals surface area contributed by atoms with Crippen LogP contribution in [0.2, 0.25) is 5.02 Å². The zero-order valence-corrected chi connectivity index (χ0v) is 17.9. The quantitative estimate of drug-likeness (QED) is 0.415. The molecule has 9 heteroatoms. The second kappa shape index (κ2) is 9.78. The van der Waals surface area contributed by atoms with Crippen LogP contribution < -0.4 is 14.4 Å². The van der Waals surface area contributed by atoms with E-state index >= 15 is 0 Å². The standard InChI is InChI=1S/C22H22ClFN2O5/c1-3-10-30-18-9-8-14(12-19(18)31-11-4-2)26-21(28)20(27)25(22(26)29)13-15-16(23)6-5-7-17(15)24/h5-9,12H,3-4,10-11,13H2,1-2H3. The molecule has 3 rings (SSSR count). The first kappa shape index (κ1) is 22.6. The highest BCUT2D eigenvalue weighted by atomic mass is 35.5. The minimum atomic E-state index is -1.06. The van der Waals surface area contributed by atoms with E-state index in [4.69, 9.17) is 21.1 Å².